The number of thiophene rings is 1. The van der Waals surface area contributed by atoms with Gasteiger partial charge in [0.15, 0.2) is 0 Å². The molecular formula is C22H21NO3S. The Morgan fingerprint density at radius 3 is 2.30 bits per heavy atom. The molecule has 1 atom stereocenters. The van der Waals surface area contributed by atoms with E-state index in [2.05, 4.69) is 24.4 Å². The molecule has 1 heterocycles. The fourth-order valence-corrected chi connectivity index (χ4v) is 3.87. The van der Waals surface area contributed by atoms with Crippen LogP contribution in [0.4, 0.5) is 5.00 Å². The van der Waals surface area contributed by atoms with E-state index < -0.39 is 5.97 Å². The molecule has 0 fully saturated rings. The fourth-order valence-electron chi connectivity index (χ4n) is 2.75. The Morgan fingerprint density at radius 1 is 1.04 bits per heavy atom. The first-order valence-electron chi connectivity index (χ1n) is 8.82. The molecule has 3 aromatic rings. The van der Waals surface area contributed by atoms with Gasteiger partial charge < -0.3 is 10.1 Å². The molecule has 27 heavy (non-hydrogen) atoms. The lowest BCUT2D eigenvalue weighted by molar-refractivity contribution is 0.0528. The van der Waals surface area contributed by atoms with Crippen molar-refractivity contribution in [3.05, 3.63) is 88.3 Å². The highest BCUT2D eigenvalue weighted by Gasteiger charge is 2.22. The van der Waals surface area contributed by atoms with Crippen LogP contribution in [0.15, 0.2) is 66.7 Å². The molecule has 0 saturated heterocycles. The molecule has 0 radical (unpaired) electrons. The molecule has 0 aliphatic rings. The van der Waals surface area contributed by atoms with Crippen molar-refractivity contribution in [2.24, 2.45) is 0 Å². The second-order valence-electron chi connectivity index (χ2n) is 6.06. The molecule has 0 unspecified atom stereocenters. The van der Waals surface area contributed by atoms with Gasteiger partial charge in [0.25, 0.3) is 5.91 Å². The summed E-state index contributed by atoms with van der Waals surface area (Å²) >= 11 is 1.41. The van der Waals surface area contributed by atoms with Gasteiger partial charge in [0.05, 0.1) is 12.2 Å². The number of carbonyl (C=O) groups excluding carboxylic acids is 2. The van der Waals surface area contributed by atoms with Crippen LogP contribution < -0.4 is 5.32 Å². The Bertz CT molecular complexity index is 919. The molecule has 138 valence electrons. The molecule has 0 aliphatic heterocycles. The van der Waals surface area contributed by atoms with Gasteiger partial charge in [-0.3, -0.25) is 4.79 Å². The summed E-state index contributed by atoms with van der Waals surface area (Å²) in [4.78, 5) is 25.9. The van der Waals surface area contributed by atoms with Crippen molar-refractivity contribution in [3.8, 4) is 0 Å². The van der Waals surface area contributed by atoms with E-state index in [1.165, 1.54) is 11.3 Å². The Hall–Kier alpha value is -2.92. The molecule has 0 aliphatic carbocycles. The van der Waals surface area contributed by atoms with Crippen molar-refractivity contribution in [2.75, 3.05) is 11.9 Å². The van der Waals surface area contributed by atoms with Crippen molar-refractivity contribution in [2.45, 2.75) is 19.8 Å². The van der Waals surface area contributed by atoms with Crippen LogP contribution in [-0.4, -0.2) is 18.5 Å². The third kappa shape index (κ3) is 4.44. The summed E-state index contributed by atoms with van der Waals surface area (Å²) < 4.78 is 5.17. The molecule has 3 rings (SSSR count). The Labute approximate surface area is 162 Å². The van der Waals surface area contributed by atoms with E-state index >= 15 is 0 Å². The molecule has 1 amide bonds. The van der Waals surface area contributed by atoms with Crippen LogP contribution in [0.3, 0.4) is 0 Å². The average molecular weight is 379 g/mol. The van der Waals surface area contributed by atoms with Crippen molar-refractivity contribution < 1.29 is 14.3 Å². The zero-order valence-corrected chi connectivity index (χ0v) is 16.1. The van der Waals surface area contributed by atoms with Gasteiger partial charge in [-0.25, -0.2) is 4.79 Å². The second-order valence-corrected chi connectivity index (χ2v) is 7.15. The van der Waals surface area contributed by atoms with E-state index in [1.807, 2.05) is 30.3 Å². The van der Waals surface area contributed by atoms with Gasteiger partial charge in [0.1, 0.15) is 5.00 Å². The van der Waals surface area contributed by atoms with E-state index in [9.17, 15) is 9.59 Å². The monoisotopic (exact) mass is 379 g/mol. The average Bonchev–Trinajstić information content (AvgIpc) is 3.12. The highest BCUT2D eigenvalue weighted by Crippen LogP contribution is 2.36. The third-order valence-electron chi connectivity index (χ3n) is 4.24. The second kappa shape index (κ2) is 8.64. The number of anilines is 1. The summed E-state index contributed by atoms with van der Waals surface area (Å²) in [7, 11) is 0. The smallest absolute Gasteiger partial charge is 0.341 e. The predicted molar refractivity (Wildman–Crippen MR) is 109 cm³/mol. The summed E-state index contributed by atoms with van der Waals surface area (Å²) in [5, 5.41) is 3.39. The quantitative estimate of drug-likeness (QED) is 0.589. The third-order valence-corrected chi connectivity index (χ3v) is 5.47. The normalized spacial score (nSPS) is 11.6. The number of hydrogen-bond acceptors (Lipinski definition) is 4. The van der Waals surface area contributed by atoms with Crippen LogP contribution in [0.1, 0.15) is 50.9 Å². The van der Waals surface area contributed by atoms with Gasteiger partial charge in [-0.15, -0.1) is 11.3 Å². The van der Waals surface area contributed by atoms with E-state index in [-0.39, 0.29) is 18.4 Å². The van der Waals surface area contributed by atoms with Crippen molar-refractivity contribution in [1.82, 2.24) is 0 Å². The zero-order valence-electron chi connectivity index (χ0n) is 15.3. The molecular weight excluding hydrogens is 358 g/mol. The molecule has 5 heteroatoms. The van der Waals surface area contributed by atoms with Gasteiger partial charge in [-0.05, 0) is 30.7 Å². The van der Waals surface area contributed by atoms with Crippen molar-refractivity contribution in [3.63, 3.8) is 0 Å². The predicted octanol–water partition coefficient (Wildman–Crippen LogP) is 5.33. The number of amides is 1. The van der Waals surface area contributed by atoms with E-state index in [0.717, 1.165) is 10.4 Å². The van der Waals surface area contributed by atoms with Crippen LogP contribution in [0.2, 0.25) is 0 Å². The number of hydrogen-bond donors (Lipinski definition) is 1. The minimum absolute atomic E-state index is 0.103. The maximum Gasteiger partial charge on any atom is 0.341 e. The summed E-state index contributed by atoms with van der Waals surface area (Å²) in [5.74, 6) is -0.572. The van der Waals surface area contributed by atoms with Gasteiger partial charge in [0, 0.05) is 16.4 Å². The molecule has 0 saturated carbocycles. The molecule has 0 bridgehead atoms. The SMILES string of the molecule is CCOC(=O)c1cc([C@@H](C)c2ccccc2)sc1NC(=O)c1ccccc1. The summed E-state index contributed by atoms with van der Waals surface area (Å²) in [6, 6.07) is 20.8. The first-order chi connectivity index (χ1) is 13.1. The Morgan fingerprint density at radius 2 is 1.67 bits per heavy atom. The molecule has 2 aromatic carbocycles. The van der Waals surface area contributed by atoms with E-state index in [1.54, 1.807) is 31.2 Å². The lowest BCUT2D eigenvalue weighted by Gasteiger charge is -2.09. The Balaban J connectivity index is 1.92. The molecule has 0 spiro atoms. The molecule has 4 nitrogen and oxygen atoms in total. The van der Waals surface area contributed by atoms with Crippen LogP contribution >= 0.6 is 11.3 Å². The van der Waals surface area contributed by atoms with Gasteiger partial charge in [-0.1, -0.05) is 55.5 Å². The maximum absolute atomic E-state index is 12.5. The number of nitrogens with one attached hydrogen (secondary N) is 1. The molecule has 1 N–H and O–H groups in total. The highest BCUT2D eigenvalue weighted by molar-refractivity contribution is 7.16. The maximum atomic E-state index is 12.5. The van der Waals surface area contributed by atoms with Gasteiger partial charge in [-0.2, -0.15) is 0 Å². The van der Waals surface area contributed by atoms with Crippen molar-refractivity contribution in [1.29, 1.82) is 0 Å². The highest BCUT2D eigenvalue weighted by atomic mass is 32.1. The fraction of sp³-hybridized carbons (Fsp3) is 0.182. The topological polar surface area (TPSA) is 55.4 Å². The minimum Gasteiger partial charge on any atom is -0.462 e. The van der Waals surface area contributed by atoms with Crippen LogP contribution in [0, 0.1) is 0 Å². The summed E-state index contributed by atoms with van der Waals surface area (Å²) in [6.45, 7) is 4.13. The van der Waals surface area contributed by atoms with Crippen LogP contribution in [0.5, 0.6) is 0 Å². The number of esters is 1. The number of rotatable bonds is 6. The van der Waals surface area contributed by atoms with E-state index in [4.69, 9.17) is 4.74 Å². The zero-order chi connectivity index (χ0) is 19.2. The lowest BCUT2D eigenvalue weighted by Crippen LogP contribution is -2.14. The molecule has 1 aromatic heterocycles. The van der Waals surface area contributed by atoms with Crippen LogP contribution in [0.25, 0.3) is 0 Å². The number of ether oxygens (including phenoxy) is 1. The number of carbonyl (C=O) groups is 2. The van der Waals surface area contributed by atoms with E-state index in [0.29, 0.717) is 16.1 Å². The standard InChI is InChI=1S/C22H21NO3S/c1-3-26-22(25)18-14-19(15(2)16-10-6-4-7-11-16)27-21(18)23-20(24)17-12-8-5-9-13-17/h4-15H,3H2,1-2H3,(H,23,24)/t15-/m0/s1. The largest absolute Gasteiger partial charge is 0.462 e. The first kappa shape index (κ1) is 18.9. The lowest BCUT2D eigenvalue weighted by atomic mass is 9.99. The number of benzene rings is 2. The van der Waals surface area contributed by atoms with Gasteiger partial charge in [0.2, 0.25) is 0 Å². The summed E-state index contributed by atoms with van der Waals surface area (Å²) in [5.41, 5.74) is 2.08. The van der Waals surface area contributed by atoms with Crippen molar-refractivity contribution >= 4 is 28.2 Å². The first-order valence-corrected chi connectivity index (χ1v) is 9.64. The van der Waals surface area contributed by atoms with Gasteiger partial charge >= 0.3 is 5.97 Å². The summed E-state index contributed by atoms with van der Waals surface area (Å²) in [6.07, 6.45) is 0. The Kier molecular flexibility index (Phi) is 6.04. The minimum atomic E-state index is -0.427. The van der Waals surface area contributed by atoms with Crippen LogP contribution in [-0.2, 0) is 4.74 Å².